The van der Waals surface area contributed by atoms with E-state index in [-0.39, 0.29) is 12.3 Å². The third-order valence-electron chi connectivity index (χ3n) is 4.97. The molecule has 0 aliphatic heterocycles. The lowest BCUT2D eigenvalue weighted by molar-refractivity contribution is -0.119. The van der Waals surface area contributed by atoms with Crippen molar-refractivity contribution in [1.82, 2.24) is 9.97 Å². The van der Waals surface area contributed by atoms with Gasteiger partial charge in [-0.2, -0.15) is 0 Å². The zero-order chi connectivity index (χ0) is 21.6. The first-order chi connectivity index (χ1) is 15.1. The van der Waals surface area contributed by atoms with Gasteiger partial charge in [-0.25, -0.2) is 4.98 Å². The molecule has 158 valence electrons. The molecule has 1 amide bonds. The third-order valence-corrected chi connectivity index (χ3v) is 6.01. The topological polar surface area (TPSA) is 55.3 Å². The fourth-order valence-corrected chi connectivity index (χ4v) is 4.38. The number of para-hydroxylation sites is 2. The monoisotopic (exact) mass is 431 g/mol. The minimum Gasteiger partial charge on any atom is -0.493 e. The molecule has 4 rings (SSSR count). The molecule has 6 heteroatoms. The molecule has 0 atom stereocenters. The first kappa shape index (κ1) is 21.0. The molecule has 0 saturated heterocycles. The summed E-state index contributed by atoms with van der Waals surface area (Å²) in [7, 11) is 0. The van der Waals surface area contributed by atoms with Gasteiger partial charge in [0.2, 0.25) is 5.91 Å². The standard InChI is InChI=1S/C25H25N3O2S/c1-18(2)21-12-8-13-22-24(21)27-25(31-22)28(17-19-9-6-7-15-26-19)23(29)14-16-30-20-10-4-3-5-11-20/h3-13,15,18H,14,16-17H2,1-2H3. The number of ether oxygens (including phenoxy) is 1. The lowest BCUT2D eigenvalue weighted by Crippen LogP contribution is -2.31. The van der Waals surface area contributed by atoms with E-state index >= 15 is 0 Å². The van der Waals surface area contributed by atoms with Crippen LogP contribution in [-0.2, 0) is 11.3 Å². The number of anilines is 1. The number of hydrogen-bond donors (Lipinski definition) is 0. The molecule has 2 aromatic heterocycles. The predicted molar refractivity (Wildman–Crippen MR) is 126 cm³/mol. The van der Waals surface area contributed by atoms with E-state index in [1.54, 1.807) is 11.1 Å². The van der Waals surface area contributed by atoms with Crippen LogP contribution < -0.4 is 9.64 Å². The van der Waals surface area contributed by atoms with Gasteiger partial charge >= 0.3 is 0 Å². The van der Waals surface area contributed by atoms with E-state index in [0.29, 0.717) is 24.2 Å². The molecule has 0 aliphatic rings. The maximum absolute atomic E-state index is 13.2. The van der Waals surface area contributed by atoms with Crippen LogP contribution in [0.1, 0.15) is 37.4 Å². The zero-order valence-electron chi connectivity index (χ0n) is 17.7. The van der Waals surface area contributed by atoms with E-state index < -0.39 is 0 Å². The van der Waals surface area contributed by atoms with Crippen molar-refractivity contribution in [2.45, 2.75) is 32.7 Å². The van der Waals surface area contributed by atoms with Crippen molar-refractivity contribution >= 4 is 32.6 Å². The van der Waals surface area contributed by atoms with E-state index in [1.165, 1.54) is 16.9 Å². The van der Waals surface area contributed by atoms with Crippen LogP contribution in [0.2, 0.25) is 0 Å². The number of pyridine rings is 1. The highest BCUT2D eigenvalue weighted by Crippen LogP contribution is 2.34. The smallest absolute Gasteiger partial charge is 0.232 e. The first-order valence-corrected chi connectivity index (χ1v) is 11.2. The van der Waals surface area contributed by atoms with Crippen molar-refractivity contribution in [1.29, 1.82) is 0 Å². The van der Waals surface area contributed by atoms with Crippen LogP contribution in [0, 0.1) is 0 Å². The van der Waals surface area contributed by atoms with Crippen molar-refractivity contribution in [3.05, 3.63) is 84.2 Å². The Hall–Kier alpha value is -3.25. The summed E-state index contributed by atoms with van der Waals surface area (Å²) in [6, 6.07) is 21.5. The van der Waals surface area contributed by atoms with Crippen molar-refractivity contribution in [3.8, 4) is 5.75 Å². The van der Waals surface area contributed by atoms with Gasteiger partial charge in [0.25, 0.3) is 0 Å². The molecule has 0 bridgehead atoms. The van der Waals surface area contributed by atoms with Crippen molar-refractivity contribution < 1.29 is 9.53 Å². The number of aromatic nitrogens is 2. The Balaban J connectivity index is 1.59. The first-order valence-electron chi connectivity index (χ1n) is 10.4. The number of amides is 1. The van der Waals surface area contributed by atoms with Crippen LogP contribution in [0.15, 0.2) is 72.9 Å². The number of hydrogen-bond acceptors (Lipinski definition) is 5. The Labute approximate surface area is 186 Å². The number of thiazole rings is 1. The van der Waals surface area contributed by atoms with E-state index in [0.717, 1.165) is 21.7 Å². The van der Waals surface area contributed by atoms with Gasteiger partial charge in [0.15, 0.2) is 5.13 Å². The van der Waals surface area contributed by atoms with Gasteiger partial charge in [0.05, 0.1) is 35.5 Å². The number of benzene rings is 2. The second-order valence-electron chi connectivity index (χ2n) is 7.56. The minimum absolute atomic E-state index is 0.0354. The van der Waals surface area contributed by atoms with Crippen molar-refractivity contribution in [2.24, 2.45) is 0 Å². The molecule has 0 radical (unpaired) electrons. The highest BCUT2D eigenvalue weighted by Gasteiger charge is 2.22. The Morgan fingerprint density at radius 1 is 1.03 bits per heavy atom. The van der Waals surface area contributed by atoms with E-state index in [2.05, 4.69) is 37.0 Å². The average molecular weight is 432 g/mol. The Kier molecular flexibility index (Phi) is 6.57. The molecule has 0 aliphatic carbocycles. The molecule has 5 nitrogen and oxygen atoms in total. The van der Waals surface area contributed by atoms with Crippen LogP contribution >= 0.6 is 11.3 Å². The lowest BCUT2D eigenvalue weighted by atomic mass is 10.0. The molecule has 4 aromatic rings. The second-order valence-corrected chi connectivity index (χ2v) is 8.57. The summed E-state index contributed by atoms with van der Waals surface area (Å²) in [5.41, 5.74) is 2.98. The van der Waals surface area contributed by atoms with Gasteiger partial charge < -0.3 is 4.74 Å². The fraction of sp³-hybridized carbons (Fsp3) is 0.240. The minimum atomic E-state index is -0.0354. The number of rotatable bonds is 8. The Morgan fingerprint density at radius 2 is 1.84 bits per heavy atom. The van der Waals surface area contributed by atoms with Crippen LogP contribution in [0.4, 0.5) is 5.13 Å². The molecule has 0 saturated carbocycles. The predicted octanol–water partition coefficient (Wildman–Crippen LogP) is 5.82. The zero-order valence-corrected chi connectivity index (χ0v) is 18.5. The highest BCUT2D eigenvalue weighted by atomic mass is 32.1. The fourth-order valence-electron chi connectivity index (χ4n) is 3.36. The molecule has 0 fully saturated rings. The molecular weight excluding hydrogens is 406 g/mol. The maximum Gasteiger partial charge on any atom is 0.232 e. The average Bonchev–Trinajstić information content (AvgIpc) is 3.22. The Bertz CT molecular complexity index is 1140. The molecule has 0 N–H and O–H groups in total. The summed E-state index contributed by atoms with van der Waals surface area (Å²) in [5, 5.41) is 0.693. The van der Waals surface area contributed by atoms with Crippen molar-refractivity contribution in [3.63, 3.8) is 0 Å². The maximum atomic E-state index is 13.2. The van der Waals surface area contributed by atoms with Gasteiger partial charge in [-0.15, -0.1) is 0 Å². The Morgan fingerprint density at radius 3 is 2.58 bits per heavy atom. The van der Waals surface area contributed by atoms with Gasteiger partial charge in [0.1, 0.15) is 5.75 Å². The van der Waals surface area contributed by atoms with Gasteiger partial charge in [-0.05, 0) is 41.8 Å². The van der Waals surface area contributed by atoms with Crippen molar-refractivity contribution in [2.75, 3.05) is 11.5 Å². The molecule has 0 unspecified atom stereocenters. The summed E-state index contributed by atoms with van der Waals surface area (Å²) < 4.78 is 6.83. The summed E-state index contributed by atoms with van der Waals surface area (Å²) in [6.07, 6.45) is 2.00. The quantitative estimate of drug-likeness (QED) is 0.353. The van der Waals surface area contributed by atoms with Gasteiger partial charge in [-0.1, -0.05) is 61.6 Å². The molecular formula is C25H25N3O2S. The van der Waals surface area contributed by atoms with Crippen LogP contribution in [-0.4, -0.2) is 22.5 Å². The molecule has 2 heterocycles. The lowest BCUT2D eigenvalue weighted by Gasteiger charge is -2.19. The summed E-state index contributed by atoms with van der Waals surface area (Å²) in [6.45, 7) is 5.00. The van der Waals surface area contributed by atoms with Crippen LogP contribution in [0.5, 0.6) is 5.75 Å². The summed E-state index contributed by atoms with van der Waals surface area (Å²) >= 11 is 1.54. The van der Waals surface area contributed by atoms with Crippen LogP contribution in [0.3, 0.4) is 0 Å². The van der Waals surface area contributed by atoms with E-state index in [4.69, 9.17) is 9.72 Å². The number of carbonyl (C=O) groups is 1. The second kappa shape index (κ2) is 9.71. The van der Waals surface area contributed by atoms with E-state index in [9.17, 15) is 4.79 Å². The van der Waals surface area contributed by atoms with E-state index in [1.807, 2.05) is 48.5 Å². The van der Waals surface area contributed by atoms with Crippen LogP contribution in [0.25, 0.3) is 10.2 Å². The molecule has 31 heavy (non-hydrogen) atoms. The largest absolute Gasteiger partial charge is 0.493 e. The SMILES string of the molecule is CC(C)c1cccc2sc(N(Cc3ccccn3)C(=O)CCOc3ccccc3)nc12. The number of nitrogens with zero attached hydrogens (tertiary/aromatic N) is 3. The molecule has 0 spiro atoms. The normalized spacial score (nSPS) is 11.1. The number of fused-ring (bicyclic) bond motifs is 1. The summed E-state index contributed by atoms with van der Waals surface area (Å²) in [4.78, 5) is 24.2. The van der Waals surface area contributed by atoms with Gasteiger partial charge in [-0.3, -0.25) is 14.7 Å². The number of carbonyl (C=O) groups excluding carboxylic acids is 1. The third kappa shape index (κ3) is 5.09. The highest BCUT2D eigenvalue weighted by molar-refractivity contribution is 7.22. The molecule has 2 aromatic carbocycles. The van der Waals surface area contributed by atoms with Gasteiger partial charge in [0, 0.05) is 6.20 Å². The summed E-state index contributed by atoms with van der Waals surface area (Å²) in [5.74, 6) is 1.08.